The number of carbonyl (C=O) groups is 1. The number of carboxylic acid groups (broad SMARTS) is 1. The van der Waals surface area contributed by atoms with Crippen molar-refractivity contribution in [3.63, 3.8) is 0 Å². The van der Waals surface area contributed by atoms with Crippen LogP contribution in [0.15, 0.2) is 18.2 Å². The third-order valence-electron chi connectivity index (χ3n) is 3.03. The van der Waals surface area contributed by atoms with E-state index in [-0.39, 0.29) is 6.42 Å². The van der Waals surface area contributed by atoms with E-state index >= 15 is 0 Å². The molecule has 0 aromatic heterocycles. The number of benzene rings is 1. The van der Waals surface area contributed by atoms with Gasteiger partial charge in [-0.1, -0.05) is 19.9 Å². The van der Waals surface area contributed by atoms with Gasteiger partial charge in [-0.2, -0.15) is 0 Å². The van der Waals surface area contributed by atoms with Gasteiger partial charge in [0, 0.05) is 13.0 Å². The highest BCUT2D eigenvalue weighted by Gasteiger charge is 2.06. The first-order valence-electron chi connectivity index (χ1n) is 6.68. The van der Waals surface area contributed by atoms with E-state index in [1.165, 1.54) is 5.56 Å². The van der Waals surface area contributed by atoms with Gasteiger partial charge in [-0.3, -0.25) is 4.79 Å². The molecular weight excluding hydrogens is 242 g/mol. The number of nitrogens with one attached hydrogen (secondary N) is 1. The molecule has 0 bridgehead atoms. The van der Waals surface area contributed by atoms with Crippen molar-refractivity contribution in [3.05, 3.63) is 23.8 Å². The van der Waals surface area contributed by atoms with E-state index in [4.69, 9.17) is 9.84 Å². The highest BCUT2D eigenvalue weighted by atomic mass is 16.5. The molecule has 0 aliphatic carbocycles. The Bertz CT molecular complexity index is 416. The second-order valence-corrected chi connectivity index (χ2v) is 4.89. The third-order valence-corrected chi connectivity index (χ3v) is 3.03. The van der Waals surface area contributed by atoms with Crippen LogP contribution < -0.4 is 10.1 Å². The summed E-state index contributed by atoms with van der Waals surface area (Å²) in [5.41, 5.74) is 2.20. The van der Waals surface area contributed by atoms with Gasteiger partial charge in [0.25, 0.3) is 0 Å². The Morgan fingerprint density at radius 2 is 2.11 bits per heavy atom. The lowest BCUT2D eigenvalue weighted by atomic mass is 10.0. The first kappa shape index (κ1) is 15.3. The minimum absolute atomic E-state index is 0.227. The normalized spacial score (nSPS) is 10.5. The van der Waals surface area contributed by atoms with Gasteiger partial charge < -0.3 is 15.2 Å². The van der Waals surface area contributed by atoms with Crippen LogP contribution in [0.1, 0.15) is 44.6 Å². The largest absolute Gasteiger partial charge is 0.495 e. The Morgan fingerprint density at radius 3 is 2.68 bits per heavy atom. The fraction of sp³-hybridized carbons (Fsp3) is 0.533. The fourth-order valence-electron chi connectivity index (χ4n) is 1.84. The zero-order chi connectivity index (χ0) is 14.3. The molecular formula is C15H23NO3. The monoisotopic (exact) mass is 265 g/mol. The summed E-state index contributed by atoms with van der Waals surface area (Å²) in [5.74, 6) is 0.571. The molecule has 0 unspecified atom stereocenters. The maximum absolute atomic E-state index is 10.4. The average Bonchev–Trinajstić information content (AvgIpc) is 2.37. The number of hydrogen-bond acceptors (Lipinski definition) is 3. The number of rotatable bonds is 8. The van der Waals surface area contributed by atoms with E-state index in [0.717, 1.165) is 24.4 Å². The molecule has 0 aliphatic heterocycles. The average molecular weight is 265 g/mol. The van der Waals surface area contributed by atoms with Gasteiger partial charge in [-0.05, 0) is 36.5 Å². The van der Waals surface area contributed by atoms with E-state index < -0.39 is 5.97 Å². The molecule has 0 amide bonds. The Labute approximate surface area is 114 Å². The lowest BCUT2D eigenvalue weighted by Crippen LogP contribution is -2.05. The van der Waals surface area contributed by atoms with Gasteiger partial charge in [0.1, 0.15) is 5.75 Å². The van der Waals surface area contributed by atoms with E-state index in [1.54, 1.807) is 7.11 Å². The quantitative estimate of drug-likeness (QED) is 0.706. The minimum atomic E-state index is -0.737. The van der Waals surface area contributed by atoms with E-state index in [9.17, 15) is 4.79 Å². The molecule has 2 N–H and O–H groups in total. The summed E-state index contributed by atoms with van der Waals surface area (Å²) < 4.78 is 5.37. The molecule has 0 heterocycles. The molecule has 19 heavy (non-hydrogen) atoms. The van der Waals surface area contributed by atoms with E-state index in [0.29, 0.717) is 12.3 Å². The number of hydrogen-bond donors (Lipinski definition) is 2. The maximum atomic E-state index is 10.4. The topological polar surface area (TPSA) is 58.6 Å². The number of anilines is 1. The first-order chi connectivity index (χ1) is 9.04. The molecule has 4 heteroatoms. The number of unbranched alkanes of at least 4 members (excludes halogenated alkanes) is 1. The van der Waals surface area contributed by atoms with Gasteiger partial charge in [0.15, 0.2) is 0 Å². The Balaban J connectivity index is 2.51. The van der Waals surface area contributed by atoms with Crippen LogP contribution in [0.5, 0.6) is 5.75 Å². The molecule has 0 saturated heterocycles. The highest BCUT2D eigenvalue weighted by Crippen LogP contribution is 2.28. The fourth-order valence-corrected chi connectivity index (χ4v) is 1.84. The summed E-state index contributed by atoms with van der Waals surface area (Å²) in [5, 5.41) is 11.8. The van der Waals surface area contributed by atoms with Gasteiger partial charge in [0.05, 0.1) is 12.8 Å². The van der Waals surface area contributed by atoms with Crippen molar-refractivity contribution in [2.24, 2.45) is 0 Å². The summed E-state index contributed by atoms with van der Waals surface area (Å²) >= 11 is 0. The summed E-state index contributed by atoms with van der Waals surface area (Å²) in [4.78, 5) is 10.4. The van der Waals surface area contributed by atoms with Crippen LogP contribution in [0.2, 0.25) is 0 Å². The third kappa shape index (κ3) is 5.20. The van der Waals surface area contributed by atoms with Crippen LogP contribution in [-0.4, -0.2) is 24.7 Å². The summed E-state index contributed by atoms with van der Waals surface area (Å²) in [6.45, 7) is 5.05. The van der Waals surface area contributed by atoms with Crippen molar-refractivity contribution in [1.82, 2.24) is 0 Å². The zero-order valence-electron chi connectivity index (χ0n) is 11.9. The van der Waals surface area contributed by atoms with Gasteiger partial charge in [0.2, 0.25) is 0 Å². The standard InChI is InChI=1S/C15H23NO3/c1-11(2)12-7-8-13(14(10-12)19-3)16-9-5-4-6-15(17)18/h7-8,10-11,16H,4-6,9H2,1-3H3,(H,17,18). The SMILES string of the molecule is COc1cc(C(C)C)ccc1NCCCCC(=O)O. The molecule has 1 aromatic carbocycles. The molecule has 0 saturated carbocycles. The minimum Gasteiger partial charge on any atom is -0.495 e. The predicted molar refractivity (Wildman–Crippen MR) is 77.1 cm³/mol. The van der Waals surface area contributed by atoms with Gasteiger partial charge in [-0.25, -0.2) is 0 Å². The molecule has 0 spiro atoms. The van der Waals surface area contributed by atoms with Crippen LogP contribution in [0.3, 0.4) is 0 Å². The maximum Gasteiger partial charge on any atom is 0.303 e. The van der Waals surface area contributed by atoms with E-state index in [1.807, 2.05) is 12.1 Å². The summed E-state index contributed by atoms with van der Waals surface area (Å²) in [6, 6.07) is 6.16. The summed E-state index contributed by atoms with van der Waals surface area (Å²) in [7, 11) is 1.66. The molecule has 0 aliphatic rings. The predicted octanol–water partition coefficient (Wildman–Crippen LogP) is 3.49. The smallest absolute Gasteiger partial charge is 0.303 e. The molecule has 106 valence electrons. The van der Waals surface area contributed by atoms with Gasteiger partial charge >= 0.3 is 5.97 Å². The molecule has 4 nitrogen and oxygen atoms in total. The number of ether oxygens (including phenoxy) is 1. The van der Waals surface area contributed by atoms with Gasteiger partial charge in [-0.15, -0.1) is 0 Å². The van der Waals surface area contributed by atoms with Crippen molar-refractivity contribution in [2.45, 2.75) is 39.0 Å². The number of aliphatic carboxylic acids is 1. The van der Waals surface area contributed by atoms with Crippen molar-refractivity contribution >= 4 is 11.7 Å². The van der Waals surface area contributed by atoms with Crippen LogP contribution in [0.25, 0.3) is 0 Å². The first-order valence-corrected chi connectivity index (χ1v) is 6.68. The molecule has 0 atom stereocenters. The lowest BCUT2D eigenvalue weighted by Gasteiger charge is -2.14. The Kier molecular flexibility index (Phi) is 6.19. The van der Waals surface area contributed by atoms with Crippen LogP contribution in [0, 0.1) is 0 Å². The molecule has 1 rings (SSSR count). The number of carboxylic acids is 1. The second kappa shape index (κ2) is 7.67. The summed E-state index contributed by atoms with van der Waals surface area (Å²) in [6.07, 6.45) is 1.75. The van der Waals surface area contributed by atoms with Crippen molar-refractivity contribution in [3.8, 4) is 5.75 Å². The van der Waals surface area contributed by atoms with Crippen LogP contribution in [-0.2, 0) is 4.79 Å². The molecule has 0 fully saturated rings. The molecule has 0 radical (unpaired) electrons. The van der Waals surface area contributed by atoms with E-state index in [2.05, 4.69) is 25.2 Å². The zero-order valence-corrected chi connectivity index (χ0v) is 11.9. The van der Waals surface area contributed by atoms with Crippen LogP contribution in [0.4, 0.5) is 5.69 Å². The van der Waals surface area contributed by atoms with Crippen molar-refractivity contribution < 1.29 is 14.6 Å². The second-order valence-electron chi connectivity index (χ2n) is 4.89. The molecule has 1 aromatic rings. The Morgan fingerprint density at radius 1 is 1.37 bits per heavy atom. The highest BCUT2D eigenvalue weighted by molar-refractivity contribution is 5.66. The number of methoxy groups -OCH3 is 1. The van der Waals surface area contributed by atoms with Crippen molar-refractivity contribution in [1.29, 1.82) is 0 Å². The Hall–Kier alpha value is -1.71. The van der Waals surface area contributed by atoms with Crippen molar-refractivity contribution in [2.75, 3.05) is 19.0 Å². The van der Waals surface area contributed by atoms with Crippen LogP contribution >= 0.6 is 0 Å². The lowest BCUT2D eigenvalue weighted by molar-refractivity contribution is -0.137.